The number of nitrogens with one attached hydrogen (secondary N) is 2. The molecule has 0 bridgehead atoms. The van der Waals surface area contributed by atoms with Crippen molar-refractivity contribution in [3.8, 4) is 0 Å². The number of carbonyl (C=O) groups excluding carboxylic acids is 1. The number of amides is 1. The molecule has 0 spiro atoms. The van der Waals surface area contributed by atoms with Crippen LogP contribution in [0, 0.1) is 0 Å². The number of benzene rings is 2. The molecular weight excluding hydrogens is 451 g/mol. The van der Waals surface area contributed by atoms with Gasteiger partial charge < -0.3 is 16.4 Å². The van der Waals surface area contributed by atoms with Gasteiger partial charge >= 0.3 is 0 Å². The minimum Gasteiger partial charge on any atom is -0.370 e. The smallest absolute Gasteiger partial charge is 0.225 e. The van der Waals surface area contributed by atoms with Crippen LogP contribution in [0.2, 0.25) is 0 Å². The number of hydrogen-bond donors (Lipinski definition) is 3. The number of aryl methyl sites for hydroxylation is 1. The van der Waals surface area contributed by atoms with Crippen molar-refractivity contribution in [1.82, 2.24) is 0 Å². The van der Waals surface area contributed by atoms with Gasteiger partial charge in [-0.25, -0.2) is 0 Å². The number of aliphatic imine (C=N–C) groups is 1. The van der Waals surface area contributed by atoms with Gasteiger partial charge in [-0.2, -0.15) is 0 Å². The summed E-state index contributed by atoms with van der Waals surface area (Å²) in [6.45, 7) is 0.498. The minimum absolute atomic E-state index is 0. The first-order valence-electron chi connectivity index (χ1n) is 9.27. The Labute approximate surface area is 176 Å². The van der Waals surface area contributed by atoms with Gasteiger partial charge in [0.05, 0.1) is 6.54 Å². The Kier molecular flexibility index (Phi) is 6.36. The predicted molar refractivity (Wildman–Crippen MR) is 121 cm³/mol. The molecule has 1 heterocycles. The number of anilines is 2. The summed E-state index contributed by atoms with van der Waals surface area (Å²) in [6.07, 6.45) is 5.13. The molecule has 0 aromatic heterocycles. The summed E-state index contributed by atoms with van der Waals surface area (Å²) in [5, 5.41) is 6.19. The van der Waals surface area contributed by atoms with Crippen LogP contribution in [0.4, 0.5) is 11.4 Å². The molecule has 2 aromatic carbocycles. The summed E-state index contributed by atoms with van der Waals surface area (Å²) in [4.78, 5) is 16.5. The second kappa shape index (κ2) is 8.73. The lowest BCUT2D eigenvalue weighted by molar-refractivity contribution is -0.116. The minimum atomic E-state index is 0. The van der Waals surface area contributed by atoms with Gasteiger partial charge in [-0.1, -0.05) is 30.3 Å². The lowest BCUT2D eigenvalue weighted by atomic mass is 9.90. The van der Waals surface area contributed by atoms with Gasteiger partial charge in [0.25, 0.3) is 0 Å². The molecule has 1 unspecified atom stereocenters. The lowest BCUT2D eigenvalue weighted by Crippen LogP contribution is -2.27. The molecule has 0 fully saturated rings. The first-order chi connectivity index (χ1) is 12.7. The first-order valence-corrected chi connectivity index (χ1v) is 9.27. The van der Waals surface area contributed by atoms with Crippen LogP contribution in [0.1, 0.15) is 41.9 Å². The molecule has 142 valence electrons. The van der Waals surface area contributed by atoms with Crippen LogP contribution in [0.15, 0.2) is 47.5 Å². The molecule has 0 saturated carbocycles. The molecule has 2 aliphatic rings. The van der Waals surface area contributed by atoms with Gasteiger partial charge in [0.15, 0.2) is 5.96 Å². The number of nitrogens with zero attached hydrogens (tertiary/aromatic N) is 1. The fourth-order valence-electron chi connectivity index (χ4n) is 3.95. The number of nitrogens with two attached hydrogens (primary N) is 1. The quantitative estimate of drug-likeness (QED) is 0.356. The second-order valence-electron chi connectivity index (χ2n) is 7.04. The Morgan fingerprint density at radius 1 is 1.15 bits per heavy atom. The van der Waals surface area contributed by atoms with E-state index in [0.717, 1.165) is 29.8 Å². The highest BCUT2D eigenvalue weighted by Crippen LogP contribution is 2.32. The summed E-state index contributed by atoms with van der Waals surface area (Å²) >= 11 is 0. The molecule has 1 aliphatic carbocycles. The van der Waals surface area contributed by atoms with Crippen molar-refractivity contribution in [2.24, 2.45) is 10.7 Å². The van der Waals surface area contributed by atoms with Crippen LogP contribution in [0.3, 0.4) is 0 Å². The average molecular weight is 476 g/mol. The van der Waals surface area contributed by atoms with Gasteiger partial charge in [0, 0.05) is 23.7 Å². The van der Waals surface area contributed by atoms with E-state index < -0.39 is 0 Å². The van der Waals surface area contributed by atoms with Crippen LogP contribution in [-0.4, -0.2) is 18.4 Å². The maximum absolute atomic E-state index is 11.9. The molecule has 0 saturated heterocycles. The van der Waals surface area contributed by atoms with E-state index in [1.165, 1.54) is 24.0 Å². The van der Waals surface area contributed by atoms with Crippen LogP contribution < -0.4 is 16.4 Å². The third-order valence-corrected chi connectivity index (χ3v) is 5.25. The topological polar surface area (TPSA) is 79.5 Å². The normalized spacial score (nSPS) is 18.6. The summed E-state index contributed by atoms with van der Waals surface area (Å²) in [5.74, 6) is 0.505. The van der Waals surface area contributed by atoms with Crippen LogP contribution in [0.25, 0.3) is 0 Å². The molecule has 2 aromatic rings. The zero-order chi connectivity index (χ0) is 17.9. The van der Waals surface area contributed by atoms with E-state index in [4.69, 9.17) is 5.73 Å². The van der Waals surface area contributed by atoms with Crippen molar-refractivity contribution in [2.75, 3.05) is 17.2 Å². The molecule has 6 heteroatoms. The third kappa shape index (κ3) is 4.43. The SMILES string of the molecule is I.NC(=NCC1CC(=O)Nc2ccccc21)Nc1cccc2c1CCCC2. The highest BCUT2D eigenvalue weighted by atomic mass is 127. The Morgan fingerprint density at radius 3 is 2.85 bits per heavy atom. The monoisotopic (exact) mass is 476 g/mol. The second-order valence-corrected chi connectivity index (χ2v) is 7.04. The zero-order valence-electron chi connectivity index (χ0n) is 15.2. The maximum atomic E-state index is 11.9. The molecular formula is C21H25IN4O. The molecule has 4 N–H and O–H groups in total. The van der Waals surface area contributed by atoms with E-state index >= 15 is 0 Å². The average Bonchev–Trinajstić information content (AvgIpc) is 2.66. The van der Waals surface area contributed by atoms with E-state index in [-0.39, 0.29) is 35.8 Å². The number of hydrogen-bond acceptors (Lipinski definition) is 2. The number of rotatable bonds is 3. The van der Waals surface area contributed by atoms with Gasteiger partial charge in [0.1, 0.15) is 0 Å². The Bertz CT molecular complexity index is 865. The maximum Gasteiger partial charge on any atom is 0.225 e. The number of carbonyl (C=O) groups is 1. The fraction of sp³-hybridized carbons (Fsp3) is 0.333. The number of para-hydroxylation sites is 1. The molecule has 0 radical (unpaired) electrons. The van der Waals surface area contributed by atoms with Crippen molar-refractivity contribution >= 4 is 47.2 Å². The zero-order valence-corrected chi connectivity index (χ0v) is 17.5. The number of guanidine groups is 1. The van der Waals surface area contributed by atoms with Crippen molar-refractivity contribution in [2.45, 2.75) is 38.0 Å². The van der Waals surface area contributed by atoms with Crippen LogP contribution in [0.5, 0.6) is 0 Å². The number of fused-ring (bicyclic) bond motifs is 2. The van der Waals surface area contributed by atoms with Crippen LogP contribution in [-0.2, 0) is 17.6 Å². The molecule has 4 rings (SSSR count). The molecule has 1 amide bonds. The number of halogens is 1. The summed E-state index contributed by atoms with van der Waals surface area (Å²) in [7, 11) is 0. The summed E-state index contributed by atoms with van der Waals surface area (Å²) in [5.41, 5.74) is 12.0. The molecule has 27 heavy (non-hydrogen) atoms. The van der Waals surface area contributed by atoms with E-state index in [1.807, 2.05) is 24.3 Å². The molecule has 1 aliphatic heterocycles. The predicted octanol–water partition coefficient (Wildman–Crippen LogP) is 4.04. The summed E-state index contributed by atoms with van der Waals surface area (Å²) in [6, 6.07) is 14.2. The largest absolute Gasteiger partial charge is 0.370 e. The van der Waals surface area contributed by atoms with E-state index in [0.29, 0.717) is 18.9 Å². The van der Waals surface area contributed by atoms with Crippen molar-refractivity contribution in [1.29, 1.82) is 0 Å². The Hall–Kier alpha value is -2.09. The van der Waals surface area contributed by atoms with Gasteiger partial charge in [0.2, 0.25) is 5.91 Å². The fourth-order valence-corrected chi connectivity index (χ4v) is 3.95. The van der Waals surface area contributed by atoms with E-state index in [9.17, 15) is 4.79 Å². The van der Waals surface area contributed by atoms with E-state index in [1.54, 1.807) is 0 Å². The van der Waals surface area contributed by atoms with E-state index in [2.05, 4.69) is 33.8 Å². The Morgan fingerprint density at radius 2 is 1.96 bits per heavy atom. The first kappa shape index (κ1) is 19.7. The Balaban J connectivity index is 0.00000210. The van der Waals surface area contributed by atoms with Gasteiger partial charge in [-0.05, 0) is 54.5 Å². The summed E-state index contributed by atoms with van der Waals surface area (Å²) < 4.78 is 0. The van der Waals surface area contributed by atoms with Crippen LogP contribution >= 0.6 is 24.0 Å². The van der Waals surface area contributed by atoms with Crippen molar-refractivity contribution in [3.05, 3.63) is 59.2 Å². The van der Waals surface area contributed by atoms with Gasteiger partial charge in [-0.3, -0.25) is 9.79 Å². The van der Waals surface area contributed by atoms with Gasteiger partial charge in [-0.15, -0.1) is 24.0 Å². The van der Waals surface area contributed by atoms with Crippen molar-refractivity contribution in [3.63, 3.8) is 0 Å². The molecule has 1 atom stereocenters. The lowest BCUT2D eigenvalue weighted by Gasteiger charge is -2.24. The highest BCUT2D eigenvalue weighted by Gasteiger charge is 2.24. The highest BCUT2D eigenvalue weighted by molar-refractivity contribution is 14.0. The molecule has 5 nitrogen and oxygen atoms in total. The standard InChI is InChI=1S/C21H24N4O.HI/c22-21(25-19-11-5-7-14-6-1-2-8-16(14)19)23-13-15-12-20(26)24-18-10-4-3-9-17(15)18;/h3-5,7,9-11,15H,1-2,6,8,12-13H2,(H,24,26)(H3,22,23,25);1H. The van der Waals surface area contributed by atoms with Crippen molar-refractivity contribution < 1.29 is 4.79 Å². The third-order valence-electron chi connectivity index (χ3n) is 5.25.